The normalized spacial score (nSPS) is 45.8. The third kappa shape index (κ3) is 3.04. The van der Waals surface area contributed by atoms with Crippen LogP contribution < -0.4 is 0 Å². The Hall–Kier alpha value is -1.74. The summed E-state index contributed by atoms with van der Waals surface area (Å²) in [5, 5.41) is 0. The molecule has 0 N–H and O–H groups in total. The van der Waals surface area contributed by atoms with Gasteiger partial charge in [-0.2, -0.15) is 8.42 Å². The fourth-order valence-corrected chi connectivity index (χ4v) is 9.56. The summed E-state index contributed by atoms with van der Waals surface area (Å²) in [6, 6.07) is 0. The minimum atomic E-state index is -3.90. The van der Waals surface area contributed by atoms with Crippen LogP contribution in [0.5, 0.6) is 0 Å². The van der Waals surface area contributed by atoms with Crippen LogP contribution in [0.3, 0.4) is 0 Å². The second-order valence-corrected chi connectivity index (χ2v) is 13.1. The molecule has 1 spiro atoms. The monoisotopic (exact) mass is 494 g/mol. The third-order valence-electron chi connectivity index (χ3n) is 10.3. The molecule has 0 amide bonds. The van der Waals surface area contributed by atoms with Crippen LogP contribution in [0.2, 0.25) is 0 Å². The van der Waals surface area contributed by atoms with Gasteiger partial charge in [0.15, 0.2) is 5.78 Å². The first-order valence-corrected chi connectivity index (χ1v) is 14.1. The molecule has 1 saturated heterocycles. The van der Waals surface area contributed by atoms with E-state index in [0.717, 1.165) is 11.8 Å². The Morgan fingerprint density at radius 2 is 1.82 bits per heavy atom. The molecule has 8 nitrogen and oxygen atoms in total. The van der Waals surface area contributed by atoms with Gasteiger partial charge in [-0.05, 0) is 56.9 Å². The van der Waals surface area contributed by atoms with Gasteiger partial charge in [0.2, 0.25) is 0 Å². The molecule has 5 rings (SSSR count). The van der Waals surface area contributed by atoms with E-state index in [1.807, 2.05) is 6.92 Å². The lowest BCUT2D eigenvalue weighted by Gasteiger charge is -2.65. The van der Waals surface area contributed by atoms with E-state index < -0.39 is 50.0 Å². The van der Waals surface area contributed by atoms with E-state index in [4.69, 9.17) is 13.7 Å². The molecular weight excluding hydrogens is 460 g/mol. The molecule has 9 heteroatoms. The first-order valence-electron chi connectivity index (χ1n) is 12.3. The van der Waals surface area contributed by atoms with E-state index in [1.165, 1.54) is 7.11 Å². The average Bonchev–Trinajstić information content (AvgIpc) is 3.27. The molecule has 0 aromatic heterocycles. The number of methoxy groups -OCH3 is 1. The summed E-state index contributed by atoms with van der Waals surface area (Å²) >= 11 is 0. The highest BCUT2D eigenvalue weighted by atomic mass is 32.2. The average molecular weight is 495 g/mol. The first kappa shape index (κ1) is 24.0. The zero-order chi connectivity index (χ0) is 24.7. The quantitative estimate of drug-likeness (QED) is 0.434. The number of ether oxygens (including phenoxy) is 2. The molecule has 1 heterocycles. The number of rotatable bonds is 3. The van der Waals surface area contributed by atoms with E-state index >= 15 is 0 Å². The van der Waals surface area contributed by atoms with Gasteiger partial charge < -0.3 is 9.47 Å². The second-order valence-electron chi connectivity index (χ2n) is 11.5. The molecule has 3 saturated carbocycles. The van der Waals surface area contributed by atoms with Gasteiger partial charge in [-0.1, -0.05) is 19.4 Å². The lowest BCUT2D eigenvalue weighted by Crippen LogP contribution is -2.69. The van der Waals surface area contributed by atoms with E-state index in [2.05, 4.69) is 6.92 Å². The fraction of sp³-hybridized carbons (Fsp3) is 0.800. The van der Waals surface area contributed by atoms with Gasteiger partial charge in [0.05, 0.1) is 19.3 Å². The van der Waals surface area contributed by atoms with Crippen LogP contribution in [0.1, 0.15) is 71.6 Å². The molecule has 0 aromatic carbocycles. The molecule has 188 valence electrons. The van der Waals surface area contributed by atoms with Gasteiger partial charge in [-0.15, -0.1) is 0 Å². The number of carbonyl (C=O) groups excluding carboxylic acids is 3. The van der Waals surface area contributed by atoms with Crippen molar-refractivity contribution in [3.05, 3.63) is 11.6 Å². The number of esters is 2. The number of ketones is 1. The lowest BCUT2D eigenvalue weighted by atomic mass is 9.42. The molecule has 0 bridgehead atoms. The molecule has 0 radical (unpaired) electrons. The number of hydrogen-bond donors (Lipinski definition) is 0. The van der Waals surface area contributed by atoms with Crippen molar-refractivity contribution in [2.75, 3.05) is 13.4 Å². The second kappa shape index (κ2) is 7.38. The Morgan fingerprint density at radius 1 is 1.09 bits per heavy atom. The van der Waals surface area contributed by atoms with Gasteiger partial charge in [0, 0.05) is 29.6 Å². The van der Waals surface area contributed by atoms with E-state index in [0.29, 0.717) is 57.8 Å². The highest BCUT2D eigenvalue weighted by molar-refractivity contribution is 7.86. The van der Waals surface area contributed by atoms with Crippen molar-refractivity contribution < 1.29 is 36.5 Å². The molecule has 7 atom stereocenters. The predicted octanol–water partition coefficient (Wildman–Crippen LogP) is 3.09. The van der Waals surface area contributed by atoms with Crippen LogP contribution >= 0.6 is 0 Å². The van der Waals surface area contributed by atoms with Crippen molar-refractivity contribution in [1.29, 1.82) is 0 Å². The van der Waals surface area contributed by atoms with Crippen molar-refractivity contribution in [3.63, 3.8) is 0 Å². The minimum absolute atomic E-state index is 0.0117. The maximum absolute atomic E-state index is 13.2. The van der Waals surface area contributed by atoms with Crippen LogP contribution in [0.25, 0.3) is 0 Å². The number of fused-ring (bicyclic) bond motifs is 6. The van der Waals surface area contributed by atoms with Crippen LogP contribution in [0.4, 0.5) is 0 Å². The Morgan fingerprint density at radius 3 is 2.44 bits per heavy atom. The third-order valence-corrected chi connectivity index (χ3v) is 10.9. The van der Waals surface area contributed by atoms with Gasteiger partial charge in [0.1, 0.15) is 11.2 Å². The SMILES string of the molecule is COC(=O)[C@@H]1CC2=CC(=O)CC[C@]2(C)[C@@]2(OS(C)(=O)=O)CC[C@@]3(C)C(CC[C@@]34CCC(=O)O4)C12. The summed E-state index contributed by atoms with van der Waals surface area (Å²) in [5.41, 5.74) is -2.09. The zero-order valence-electron chi connectivity index (χ0n) is 20.3. The van der Waals surface area contributed by atoms with Crippen molar-refractivity contribution in [2.45, 2.75) is 82.8 Å². The van der Waals surface area contributed by atoms with Crippen LogP contribution in [0, 0.1) is 28.6 Å². The standard InChI is InChI=1S/C25H34O8S/c1-22-8-5-16(26)13-15(22)14-17(21(28)31-3)20-18-6-9-24(10-7-19(27)32-24)23(18,2)11-12-25(20,22)33-34(4,29)30/h13,17-18,20H,5-12,14H2,1-4H3/t17-,18?,20?,22+,23+,24-,25-/m1/s1. The van der Waals surface area contributed by atoms with Gasteiger partial charge >= 0.3 is 11.9 Å². The van der Waals surface area contributed by atoms with Crippen molar-refractivity contribution >= 4 is 27.8 Å². The summed E-state index contributed by atoms with van der Waals surface area (Å²) < 4.78 is 42.8. The minimum Gasteiger partial charge on any atom is -0.469 e. The molecule has 2 unspecified atom stereocenters. The van der Waals surface area contributed by atoms with Gasteiger partial charge in [-0.3, -0.25) is 18.6 Å². The molecule has 4 aliphatic carbocycles. The molecule has 0 aromatic rings. The summed E-state index contributed by atoms with van der Waals surface area (Å²) in [6.45, 7) is 4.14. The lowest BCUT2D eigenvalue weighted by molar-refractivity contribution is -0.217. The molecule has 5 aliphatic rings. The van der Waals surface area contributed by atoms with Gasteiger partial charge in [-0.25, -0.2) is 0 Å². The topological polar surface area (TPSA) is 113 Å². The van der Waals surface area contributed by atoms with Crippen LogP contribution in [-0.2, 0) is 38.2 Å². The van der Waals surface area contributed by atoms with Crippen molar-refractivity contribution in [3.8, 4) is 0 Å². The summed E-state index contributed by atoms with van der Waals surface area (Å²) in [7, 11) is -2.56. The molecule has 4 fully saturated rings. The Labute approximate surface area is 200 Å². The number of hydrogen-bond acceptors (Lipinski definition) is 8. The maximum atomic E-state index is 13.2. The zero-order valence-corrected chi connectivity index (χ0v) is 21.2. The predicted molar refractivity (Wildman–Crippen MR) is 121 cm³/mol. The van der Waals surface area contributed by atoms with Gasteiger partial charge in [0.25, 0.3) is 10.1 Å². The molecular formula is C25H34O8S. The fourth-order valence-electron chi connectivity index (χ4n) is 8.64. The van der Waals surface area contributed by atoms with E-state index in [-0.39, 0.29) is 17.7 Å². The van der Waals surface area contributed by atoms with Crippen LogP contribution in [0.15, 0.2) is 11.6 Å². The van der Waals surface area contributed by atoms with E-state index in [1.54, 1.807) is 6.08 Å². The van der Waals surface area contributed by atoms with Crippen molar-refractivity contribution in [1.82, 2.24) is 0 Å². The summed E-state index contributed by atoms with van der Waals surface area (Å²) in [6.07, 6.45) is 7.23. The van der Waals surface area contributed by atoms with Crippen LogP contribution in [-0.4, -0.2) is 50.7 Å². The molecule has 1 aliphatic heterocycles. The van der Waals surface area contributed by atoms with E-state index in [9.17, 15) is 22.8 Å². The maximum Gasteiger partial charge on any atom is 0.309 e. The Balaban J connectivity index is 1.71. The first-order chi connectivity index (χ1) is 15.8. The van der Waals surface area contributed by atoms with Crippen molar-refractivity contribution in [2.24, 2.45) is 28.6 Å². The summed E-state index contributed by atoms with van der Waals surface area (Å²) in [5.74, 6) is -1.80. The highest BCUT2D eigenvalue weighted by Gasteiger charge is 2.75. The Kier molecular flexibility index (Phi) is 5.21. The smallest absolute Gasteiger partial charge is 0.309 e. The Bertz CT molecular complexity index is 1090. The number of carbonyl (C=O) groups is 3. The summed E-state index contributed by atoms with van der Waals surface area (Å²) in [4.78, 5) is 37.8. The molecule has 34 heavy (non-hydrogen) atoms. The highest BCUT2D eigenvalue weighted by Crippen LogP contribution is 2.73. The largest absolute Gasteiger partial charge is 0.469 e.